The molecule has 5 saturated carbocycles. The Labute approximate surface area is 284 Å². The molecule has 4 N–H and O–H groups in total. The van der Waals surface area contributed by atoms with E-state index >= 15 is 0 Å². The normalized spacial score (nSPS) is 47.9. The molecular formula is C39H57NO4S2. The predicted octanol–water partition coefficient (Wildman–Crippen LogP) is 8.34. The molecule has 6 aliphatic carbocycles. The molecule has 5 nitrogen and oxygen atoms in total. The number of aliphatic hydroxyl groups is 3. The highest BCUT2D eigenvalue weighted by Crippen LogP contribution is 2.87. The minimum absolute atomic E-state index is 0.0155. The summed E-state index contributed by atoms with van der Waals surface area (Å²) in [6, 6.07) is 7.16. The number of aliphatic hydroxyl groups excluding tert-OH is 2. The maximum Gasteiger partial charge on any atom is 0.111 e. The number of methoxy groups -OCH3 is 1. The third-order valence-corrected chi connectivity index (χ3v) is 19.4. The first kappa shape index (κ1) is 32.4. The quantitative estimate of drug-likeness (QED) is 0.241. The molecular weight excluding hydrogens is 611 g/mol. The first-order valence-corrected chi connectivity index (χ1v) is 20.8. The highest BCUT2D eigenvalue weighted by Gasteiger charge is 2.87. The SMILES string of the molecule is CCc1ccc2cc1NC(C(C)O)CSSC1(CCCCC1)C1CC3(CCC4CC5C6C(O)=CC(OC)C6(O)C4(C)C53C)CC1C2. The number of anilines is 1. The molecule has 5 fully saturated rings. The van der Waals surface area contributed by atoms with Gasteiger partial charge in [-0.15, -0.1) is 0 Å². The Balaban J connectivity index is 1.24. The molecule has 7 aliphatic rings. The van der Waals surface area contributed by atoms with E-state index in [-0.39, 0.29) is 38.9 Å². The first-order valence-electron chi connectivity index (χ1n) is 18.5. The van der Waals surface area contributed by atoms with Gasteiger partial charge in [-0.05, 0) is 122 Å². The molecule has 12 atom stereocenters. The van der Waals surface area contributed by atoms with Crippen LogP contribution in [0.1, 0.15) is 103 Å². The van der Waals surface area contributed by atoms with Crippen LogP contribution in [0.3, 0.4) is 0 Å². The number of ether oxygens (including phenoxy) is 1. The average Bonchev–Trinajstić information content (AvgIpc) is 3.64. The number of benzene rings is 1. The van der Waals surface area contributed by atoms with E-state index in [9.17, 15) is 15.3 Å². The van der Waals surface area contributed by atoms with Crippen molar-refractivity contribution in [3.63, 3.8) is 0 Å². The number of nitrogens with one attached hydrogen (secondary N) is 1. The van der Waals surface area contributed by atoms with Crippen molar-refractivity contribution in [3.8, 4) is 0 Å². The molecule has 0 aromatic heterocycles. The predicted molar refractivity (Wildman–Crippen MR) is 190 cm³/mol. The van der Waals surface area contributed by atoms with Crippen LogP contribution in [0.25, 0.3) is 0 Å². The number of aryl methyl sites for hydroxylation is 1. The second-order valence-corrected chi connectivity index (χ2v) is 19.9. The number of fused-ring (bicyclic) bond motifs is 6. The van der Waals surface area contributed by atoms with Gasteiger partial charge in [0.1, 0.15) is 11.7 Å². The van der Waals surface area contributed by atoms with Gasteiger partial charge in [0.15, 0.2) is 0 Å². The number of rotatable bonds is 3. The van der Waals surface area contributed by atoms with Crippen molar-refractivity contribution in [2.75, 3.05) is 18.2 Å². The van der Waals surface area contributed by atoms with Crippen LogP contribution in [0.15, 0.2) is 30.0 Å². The molecule has 2 spiro atoms. The molecule has 254 valence electrons. The standard InChI is InChI=1S/C39H57NO4S2/c1-6-25-11-10-24-16-26-20-37(15-12-27-18-28-34-32(42)19-33(44-5)39(34,43)35(27,3)36(28,37)4)21-29(26)38(13-8-7-9-14-38)46-45-22-31(23(2)41)40-30(25)17-24/h10-11,17,19,23,26-29,31,33-34,40-43H,6-9,12-16,18,20-22H2,1-5H3. The second-order valence-electron chi connectivity index (χ2n) is 17.1. The smallest absolute Gasteiger partial charge is 0.111 e. The minimum Gasteiger partial charge on any atom is -0.512 e. The minimum atomic E-state index is -1.05. The van der Waals surface area contributed by atoms with Gasteiger partial charge < -0.3 is 25.4 Å². The van der Waals surface area contributed by atoms with E-state index in [0.717, 1.165) is 25.0 Å². The fraction of sp³-hybridized carbons (Fsp3) is 0.795. The molecule has 0 amide bonds. The summed E-state index contributed by atoms with van der Waals surface area (Å²) in [4.78, 5) is 0. The van der Waals surface area contributed by atoms with Crippen LogP contribution in [0.4, 0.5) is 5.69 Å². The Morgan fingerprint density at radius 3 is 2.57 bits per heavy atom. The summed E-state index contributed by atoms with van der Waals surface area (Å²) in [5.74, 6) is 3.01. The maximum atomic E-state index is 12.9. The van der Waals surface area contributed by atoms with Gasteiger partial charge in [0.2, 0.25) is 0 Å². The molecule has 0 radical (unpaired) electrons. The number of hydrogen-bond donors (Lipinski definition) is 4. The van der Waals surface area contributed by atoms with Crippen LogP contribution >= 0.6 is 21.6 Å². The highest BCUT2D eigenvalue weighted by atomic mass is 33.1. The zero-order chi connectivity index (χ0) is 32.3. The van der Waals surface area contributed by atoms with Crippen LogP contribution < -0.4 is 5.32 Å². The van der Waals surface area contributed by atoms with Crippen molar-refractivity contribution in [2.24, 2.45) is 45.8 Å². The summed E-state index contributed by atoms with van der Waals surface area (Å²) in [6.45, 7) is 9.16. The van der Waals surface area contributed by atoms with Crippen molar-refractivity contribution >= 4 is 27.3 Å². The van der Waals surface area contributed by atoms with Gasteiger partial charge in [0, 0.05) is 28.7 Å². The molecule has 0 saturated heterocycles. The van der Waals surface area contributed by atoms with Crippen molar-refractivity contribution in [1.29, 1.82) is 0 Å². The maximum absolute atomic E-state index is 12.9. The lowest BCUT2D eigenvalue weighted by molar-refractivity contribution is -0.218. The van der Waals surface area contributed by atoms with Crippen LogP contribution in [0.2, 0.25) is 0 Å². The van der Waals surface area contributed by atoms with E-state index in [4.69, 9.17) is 4.74 Å². The van der Waals surface area contributed by atoms with Crippen molar-refractivity contribution in [3.05, 3.63) is 41.2 Å². The van der Waals surface area contributed by atoms with Crippen molar-refractivity contribution < 1.29 is 20.1 Å². The molecule has 6 bridgehead atoms. The van der Waals surface area contributed by atoms with Crippen LogP contribution in [-0.2, 0) is 17.6 Å². The second kappa shape index (κ2) is 11.1. The molecule has 1 heterocycles. The topological polar surface area (TPSA) is 82.0 Å². The Hall–Kier alpha value is -0.860. The van der Waals surface area contributed by atoms with Crippen LogP contribution in [0.5, 0.6) is 0 Å². The van der Waals surface area contributed by atoms with E-state index in [1.165, 1.54) is 74.6 Å². The molecule has 1 aliphatic heterocycles. The summed E-state index contributed by atoms with van der Waals surface area (Å²) in [6.07, 6.45) is 15.6. The third kappa shape index (κ3) is 4.01. The Morgan fingerprint density at radius 2 is 1.85 bits per heavy atom. The zero-order valence-corrected chi connectivity index (χ0v) is 30.3. The van der Waals surface area contributed by atoms with Gasteiger partial charge in [-0.3, -0.25) is 0 Å². The average molecular weight is 668 g/mol. The third-order valence-electron chi connectivity index (χ3n) is 15.9. The molecule has 1 aromatic carbocycles. The first-order chi connectivity index (χ1) is 22.0. The fourth-order valence-electron chi connectivity index (χ4n) is 13.7. The zero-order valence-electron chi connectivity index (χ0n) is 28.7. The van der Waals surface area contributed by atoms with E-state index in [1.54, 1.807) is 7.11 Å². The Morgan fingerprint density at radius 1 is 1.07 bits per heavy atom. The van der Waals surface area contributed by atoms with E-state index in [0.29, 0.717) is 23.5 Å². The van der Waals surface area contributed by atoms with E-state index in [1.807, 2.05) is 23.8 Å². The van der Waals surface area contributed by atoms with Gasteiger partial charge in [0.25, 0.3) is 0 Å². The van der Waals surface area contributed by atoms with Crippen molar-refractivity contribution in [2.45, 2.75) is 133 Å². The largest absolute Gasteiger partial charge is 0.512 e. The number of hydrogen-bond acceptors (Lipinski definition) is 7. The van der Waals surface area contributed by atoms with Gasteiger partial charge in [-0.25, -0.2) is 0 Å². The molecule has 46 heavy (non-hydrogen) atoms. The van der Waals surface area contributed by atoms with Crippen LogP contribution in [-0.4, -0.2) is 56.8 Å². The lowest BCUT2D eigenvalue weighted by Gasteiger charge is -2.62. The Bertz CT molecular complexity index is 1390. The van der Waals surface area contributed by atoms with Gasteiger partial charge in [-0.2, -0.15) is 0 Å². The summed E-state index contributed by atoms with van der Waals surface area (Å²) < 4.78 is 6.24. The summed E-state index contributed by atoms with van der Waals surface area (Å²) in [5, 5.41) is 39.0. The van der Waals surface area contributed by atoms with Gasteiger partial charge >= 0.3 is 0 Å². The molecule has 1 aromatic rings. The van der Waals surface area contributed by atoms with E-state index < -0.39 is 17.8 Å². The van der Waals surface area contributed by atoms with Crippen LogP contribution in [0, 0.1) is 45.8 Å². The van der Waals surface area contributed by atoms with Crippen molar-refractivity contribution in [1.82, 2.24) is 0 Å². The van der Waals surface area contributed by atoms with E-state index in [2.05, 4.69) is 55.1 Å². The molecule has 8 rings (SSSR count). The monoisotopic (exact) mass is 667 g/mol. The van der Waals surface area contributed by atoms with Gasteiger partial charge in [0.05, 0.1) is 23.8 Å². The summed E-state index contributed by atoms with van der Waals surface area (Å²) in [7, 11) is 5.91. The highest BCUT2D eigenvalue weighted by molar-refractivity contribution is 8.77. The Kier molecular flexibility index (Phi) is 7.79. The van der Waals surface area contributed by atoms with Gasteiger partial charge in [-0.1, -0.05) is 73.8 Å². The lowest BCUT2D eigenvalue weighted by Crippen LogP contribution is -2.64. The summed E-state index contributed by atoms with van der Waals surface area (Å²) >= 11 is 0. The summed E-state index contributed by atoms with van der Waals surface area (Å²) in [5.41, 5.74) is 2.67. The lowest BCUT2D eigenvalue weighted by atomic mass is 9.44. The molecule has 7 heteroatoms. The fourth-order valence-corrected chi connectivity index (χ4v) is 17.6. The molecule has 12 unspecified atom stereocenters.